The van der Waals surface area contributed by atoms with Gasteiger partial charge in [0.2, 0.25) is 0 Å². The highest BCUT2D eigenvalue weighted by Crippen LogP contribution is 2.03. The van der Waals surface area contributed by atoms with Gasteiger partial charge < -0.3 is 5.32 Å². The van der Waals surface area contributed by atoms with Crippen molar-refractivity contribution in [3.8, 4) is 0 Å². The van der Waals surface area contributed by atoms with E-state index in [1.165, 1.54) is 5.56 Å². The Labute approximate surface area is 74.2 Å². The summed E-state index contributed by atoms with van der Waals surface area (Å²) in [6, 6.07) is 4.08. The topological polar surface area (TPSA) is 24.9 Å². The fourth-order valence-electron chi connectivity index (χ4n) is 0.757. The highest BCUT2D eigenvalue weighted by Gasteiger charge is 1.90. The van der Waals surface area contributed by atoms with E-state index in [0.29, 0.717) is 0 Å². The van der Waals surface area contributed by atoms with E-state index in [-0.39, 0.29) is 0 Å². The van der Waals surface area contributed by atoms with E-state index in [0.717, 1.165) is 10.2 Å². The molecule has 1 aromatic rings. The zero-order chi connectivity index (χ0) is 7.40. The molecule has 0 aliphatic carbocycles. The molecule has 2 nitrogen and oxygen atoms in total. The molecule has 0 saturated heterocycles. The zero-order valence-corrected chi connectivity index (χ0v) is 7.92. The summed E-state index contributed by atoms with van der Waals surface area (Å²) in [6.45, 7) is 0.915. The number of nitrogens with zero attached hydrogens (tertiary/aromatic N) is 1. The molecule has 1 N–H and O–H groups in total. The predicted octanol–water partition coefficient (Wildman–Crippen LogP) is 1.41. The van der Waals surface area contributed by atoms with E-state index in [9.17, 15) is 0 Å². The molecular formula is C7H9IN2. The van der Waals surface area contributed by atoms with Crippen molar-refractivity contribution in [1.29, 1.82) is 0 Å². The van der Waals surface area contributed by atoms with Crippen molar-refractivity contribution in [3.63, 3.8) is 0 Å². The predicted molar refractivity (Wildman–Crippen MR) is 49.7 cm³/mol. The summed E-state index contributed by atoms with van der Waals surface area (Å²) in [5.74, 6) is 0. The molecule has 3 heteroatoms. The maximum atomic E-state index is 4.08. The standard InChI is InChI=1S/C7H9IN2/c1-9-5-6-2-3-10-7(8)4-6/h2-4,9H,5H2,1H3. The summed E-state index contributed by atoms with van der Waals surface area (Å²) in [7, 11) is 1.94. The lowest BCUT2D eigenvalue weighted by Gasteiger charge is -1.97. The van der Waals surface area contributed by atoms with Gasteiger partial charge in [0.05, 0.1) is 0 Å². The van der Waals surface area contributed by atoms with Crippen LogP contribution < -0.4 is 5.32 Å². The van der Waals surface area contributed by atoms with Gasteiger partial charge in [-0.05, 0) is 47.3 Å². The van der Waals surface area contributed by atoms with Crippen LogP contribution in [0, 0.1) is 3.70 Å². The fourth-order valence-corrected chi connectivity index (χ4v) is 1.32. The lowest BCUT2D eigenvalue weighted by atomic mass is 10.3. The van der Waals surface area contributed by atoms with E-state index in [4.69, 9.17) is 0 Å². The van der Waals surface area contributed by atoms with Crippen molar-refractivity contribution in [2.45, 2.75) is 6.54 Å². The van der Waals surface area contributed by atoms with Crippen LogP contribution in [0.25, 0.3) is 0 Å². The molecule has 0 atom stereocenters. The van der Waals surface area contributed by atoms with Gasteiger partial charge in [0.1, 0.15) is 3.70 Å². The first-order valence-corrected chi connectivity index (χ1v) is 4.16. The van der Waals surface area contributed by atoms with E-state index in [1.807, 2.05) is 19.3 Å². The Bertz CT molecular complexity index is 213. The van der Waals surface area contributed by atoms with Gasteiger partial charge in [0.15, 0.2) is 0 Å². The minimum absolute atomic E-state index is 0.915. The molecule has 0 radical (unpaired) electrons. The third-order valence-corrected chi connectivity index (χ3v) is 1.76. The Morgan fingerprint density at radius 3 is 3.10 bits per heavy atom. The second-order valence-electron chi connectivity index (χ2n) is 2.02. The van der Waals surface area contributed by atoms with Gasteiger partial charge >= 0.3 is 0 Å². The third kappa shape index (κ3) is 2.22. The molecule has 54 valence electrons. The third-order valence-electron chi connectivity index (χ3n) is 1.17. The lowest BCUT2D eigenvalue weighted by Crippen LogP contribution is -2.05. The SMILES string of the molecule is CNCc1ccnc(I)c1. The molecular weight excluding hydrogens is 239 g/mol. The first kappa shape index (κ1) is 7.94. The van der Waals surface area contributed by atoms with E-state index in [2.05, 4.69) is 39.0 Å². The molecule has 0 aromatic carbocycles. The average Bonchev–Trinajstić information content (AvgIpc) is 1.88. The number of rotatable bonds is 2. The molecule has 1 rings (SSSR count). The monoisotopic (exact) mass is 248 g/mol. The minimum Gasteiger partial charge on any atom is -0.316 e. The van der Waals surface area contributed by atoms with Crippen molar-refractivity contribution in [2.75, 3.05) is 7.05 Å². The Hall–Kier alpha value is -0.160. The number of halogens is 1. The summed E-state index contributed by atoms with van der Waals surface area (Å²) >= 11 is 2.21. The van der Waals surface area contributed by atoms with Crippen LogP contribution in [-0.2, 0) is 6.54 Å². The molecule has 0 aliphatic rings. The van der Waals surface area contributed by atoms with Crippen molar-refractivity contribution < 1.29 is 0 Å². The molecule has 0 unspecified atom stereocenters. The number of pyridine rings is 1. The van der Waals surface area contributed by atoms with E-state index >= 15 is 0 Å². The summed E-state index contributed by atoms with van der Waals surface area (Å²) < 4.78 is 1.05. The summed E-state index contributed by atoms with van der Waals surface area (Å²) in [5, 5.41) is 3.08. The van der Waals surface area contributed by atoms with E-state index in [1.54, 1.807) is 0 Å². The maximum absolute atomic E-state index is 4.08. The largest absolute Gasteiger partial charge is 0.316 e. The summed E-state index contributed by atoms with van der Waals surface area (Å²) in [4.78, 5) is 4.08. The highest BCUT2D eigenvalue weighted by atomic mass is 127. The van der Waals surface area contributed by atoms with Crippen LogP contribution in [-0.4, -0.2) is 12.0 Å². The zero-order valence-electron chi connectivity index (χ0n) is 5.76. The Morgan fingerprint density at radius 1 is 1.70 bits per heavy atom. The molecule has 1 aromatic heterocycles. The van der Waals surface area contributed by atoms with Crippen molar-refractivity contribution in [1.82, 2.24) is 10.3 Å². The first-order chi connectivity index (χ1) is 4.83. The molecule has 0 bridgehead atoms. The number of hydrogen-bond donors (Lipinski definition) is 1. The van der Waals surface area contributed by atoms with E-state index < -0.39 is 0 Å². The van der Waals surface area contributed by atoms with Gasteiger partial charge in [0, 0.05) is 12.7 Å². The van der Waals surface area contributed by atoms with Gasteiger partial charge in [-0.25, -0.2) is 0 Å². The minimum atomic E-state index is 0.915. The molecule has 0 fully saturated rings. The Balaban J connectivity index is 2.75. The lowest BCUT2D eigenvalue weighted by molar-refractivity contribution is 0.815. The van der Waals surface area contributed by atoms with Crippen molar-refractivity contribution >= 4 is 22.6 Å². The van der Waals surface area contributed by atoms with Gasteiger partial charge in [-0.1, -0.05) is 0 Å². The van der Waals surface area contributed by atoms with Crippen LogP contribution in [0.2, 0.25) is 0 Å². The Morgan fingerprint density at radius 2 is 2.50 bits per heavy atom. The number of hydrogen-bond acceptors (Lipinski definition) is 2. The van der Waals surface area contributed by atoms with Gasteiger partial charge in [0.25, 0.3) is 0 Å². The fraction of sp³-hybridized carbons (Fsp3) is 0.286. The van der Waals surface area contributed by atoms with Crippen LogP contribution in [0.5, 0.6) is 0 Å². The van der Waals surface area contributed by atoms with Crippen molar-refractivity contribution in [3.05, 3.63) is 27.6 Å². The van der Waals surface area contributed by atoms with Crippen LogP contribution in [0.3, 0.4) is 0 Å². The van der Waals surface area contributed by atoms with Crippen LogP contribution in [0.15, 0.2) is 18.3 Å². The van der Waals surface area contributed by atoms with Crippen LogP contribution in [0.1, 0.15) is 5.56 Å². The van der Waals surface area contributed by atoms with Gasteiger partial charge in [-0.3, -0.25) is 4.98 Å². The number of aromatic nitrogens is 1. The second kappa shape index (κ2) is 3.88. The highest BCUT2D eigenvalue weighted by molar-refractivity contribution is 14.1. The normalized spacial score (nSPS) is 9.80. The summed E-state index contributed by atoms with van der Waals surface area (Å²) in [6.07, 6.45) is 1.83. The smallest absolute Gasteiger partial charge is 0.101 e. The van der Waals surface area contributed by atoms with Crippen LogP contribution in [0.4, 0.5) is 0 Å². The molecule has 0 amide bonds. The maximum Gasteiger partial charge on any atom is 0.101 e. The van der Waals surface area contributed by atoms with Crippen LogP contribution >= 0.6 is 22.6 Å². The Kier molecular flexibility index (Phi) is 3.08. The molecule has 0 aliphatic heterocycles. The molecule has 10 heavy (non-hydrogen) atoms. The molecule has 0 spiro atoms. The quantitative estimate of drug-likeness (QED) is 0.632. The second-order valence-corrected chi connectivity index (χ2v) is 3.12. The average molecular weight is 248 g/mol. The number of nitrogens with one attached hydrogen (secondary N) is 1. The molecule has 1 heterocycles. The van der Waals surface area contributed by atoms with Gasteiger partial charge in [-0.15, -0.1) is 0 Å². The first-order valence-electron chi connectivity index (χ1n) is 3.08. The van der Waals surface area contributed by atoms with Crippen molar-refractivity contribution in [2.24, 2.45) is 0 Å². The molecule has 0 saturated carbocycles. The van der Waals surface area contributed by atoms with Gasteiger partial charge in [-0.2, -0.15) is 0 Å². The summed E-state index contributed by atoms with van der Waals surface area (Å²) in [5.41, 5.74) is 1.28.